The monoisotopic (exact) mass is 288 g/mol. The van der Waals surface area contributed by atoms with E-state index in [0.29, 0.717) is 12.8 Å². The molecule has 0 aliphatic carbocycles. The summed E-state index contributed by atoms with van der Waals surface area (Å²) in [7, 11) is 0. The van der Waals surface area contributed by atoms with E-state index in [2.05, 4.69) is 6.58 Å². The van der Waals surface area contributed by atoms with Crippen LogP contribution in [0.4, 0.5) is 0 Å². The average molecular weight is 288 g/mol. The smallest absolute Gasteiger partial charge is 0.0977 e. The van der Waals surface area contributed by atoms with Gasteiger partial charge in [0, 0.05) is 0 Å². The summed E-state index contributed by atoms with van der Waals surface area (Å²) in [6, 6.07) is 0. The van der Waals surface area contributed by atoms with Gasteiger partial charge in [-0.2, -0.15) is 0 Å². The predicted octanol–water partition coefficient (Wildman–Crippen LogP) is 2.15. The van der Waals surface area contributed by atoms with Gasteiger partial charge in [-0.05, 0) is 12.8 Å². The van der Waals surface area contributed by atoms with E-state index in [1.54, 1.807) is 0 Å². The van der Waals surface area contributed by atoms with Crippen LogP contribution < -0.4 is 0 Å². The first-order chi connectivity index (χ1) is 9.61. The molecule has 20 heavy (non-hydrogen) atoms. The Bertz CT molecular complexity index is 221. The lowest BCUT2D eigenvalue weighted by Gasteiger charge is -2.13. The zero-order valence-electron chi connectivity index (χ0n) is 12.6. The van der Waals surface area contributed by atoms with Crippen LogP contribution in [0.2, 0.25) is 0 Å². The molecule has 0 radical (unpaired) electrons. The van der Waals surface area contributed by atoms with Crippen molar-refractivity contribution in [3.8, 4) is 0 Å². The Hall–Kier alpha value is -0.420. The van der Waals surface area contributed by atoms with E-state index >= 15 is 0 Å². The normalized spacial score (nSPS) is 15.8. The molecule has 4 heteroatoms. The van der Waals surface area contributed by atoms with Gasteiger partial charge in [0.25, 0.3) is 0 Å². The van der Waals surface area contributed by atoms with Crippen LogP contribution in [-0.2, 0) is 0 Å². The molecule has 0 saturated heterocycles. The summed E-state index contributed by atoms with van der Waals surface area (Å²) >= 11 is 0. The molecule has 0 aliphatic rings. The Labute approximate surface area is 123 Å². The van der Waals surface area contributed by atoms with Crippen molar-refractivity contribution in [2.24, 2.45) is 0 Å². The second kappa shape index (κ2) is 13.6. The van der Waals surface area contributed by atoms with Gasteiger partial charge in [-0.3, -0.25) is 0 Å². The predicted molar refractivity (Wildman–Crippen MR) is 81.5 cm³/mol. The quantitative estimate of drug-likeness (QED) is 0.292. The molecule has 4 N–H and O–H groups in total. The first-order valence-corrected chi connectivity index (χ1v) is 7.89. The summed E-state index contributed by atoms with van der Waals surface area (Å²) in [5.74, 6) is 0. The molecule has 0 saturated carbocycles. The van der Waals surface area contributed by atoms with Crippen molar-refractivity contribution in [3.63, 3.8) is 0 Å². The summed E-state index contributed by atoms with van der Waals surface area (Å²) in [6.45, 7) is 3.32. The van der Waals surface area contributed by atoms with Crippen LogP contribution in [0, 0.1) is 0 Å². The largest absolute Gasteiger partial charge is 0.394 e. The van der Waals surface area contributed by atoms with E-state index < -0.39 is 18.3 Å². The topological polar surface area (TPSA) is 80.9 Å². The van der Waals surface area contributed by atoms with E-state index in [0.717, 1.165) is 32.1 Å². The SMILES string of the molecule is C=C[C@@H](O)[C@H](O)CCCCCCCCCC[C@@H](O)CO. The third-order valence-corrected chi connectivity index (χ3v) is 3.63. The minimum atomic E-state index is -0.802. The molecule has 0 spiro atoms. The minimum Gasteiger partial charge on any atom is -0.394 e. The van der Waals surface area contributed by atoms with Gasteiger partial charge in [-0.25, -0.2) is 0 Å². The second-order valence-corrected chi connectivity index (χ2v) is 5.54. The second-order valence-electron chi connectivity index (χ2n) is 5.54. The van der Waals surface area contributed by atoms with Crippen LogP contribution >= 0.6 is 0 Å². The van der Waals surface area contributed by atoms with E-state index in [4.69, 9.17) is 10.2 Å². The van der Waals surface area contributed by atoms with E-state index in [9.17, 15) is 10.2 Å². The van der Waals surface area contributed by atoms with Gasteiger partial charge in [0.2, 0.25) is 0 Å². The maximum absolute atomic E-state index is 9.52. The van der Waals surface area contributed by atoms with Crippen LogP contribution in [0.15, 0.2) is 12.7 Å². The van der Waals surface area contributed by atoms with Crippen molar-refractivity contribution >= 4 is 0 Å². The molecule has 0 rings (SSSR count). The van der Waals surface area contributed by atoms with E-state index in [-0.39, 0.29) is 6.61 Å². The van der Waals surface area contributed by atoms with Gasteiger partial charge < -0.3 is 20.4 Å². The van der Waals surface area contributed by atoms with Crippen LogP contribution in [0.5, 0.6) is 0 Å². The fourth-order valence-corrected chi connectivity index (χ4v) is 2.21. The Balaban J connectivity index is 3.19. The molecule has 0 aromatic rings. The number of hydrogen-bond donors (Lipinski definition) is 4. The van der Waals surface area contributed by atoms with Crippen LogP contribution in [0.25, 0.3) is 0 Å². The molecule has 0 amide bonds. The zero-order chi connectivity index (χ0) is 15.2. The lowest BCUT2D eigenvalue weighted by molar-refractivity contribution is 0.0416. The van der Waals surface area contributed by atoms with Crippen molar-refractivity contribution in [1.82, 2.24) is 0 Å². The van der Waals surface area contributed by atoms with Crippen molar-refractivity contribution in [2.45, 2.75) is 82.5 Å². The highest BCUT2D eigenvalue weighted by molar-refractivity contribution is 4.83. The molecule has 0 heterocycles. The minimum absolute atomic E-state index is 0.133. The molecular formula is C16H32O4. The number of unbranched alkanes of at least 4 members (excludes halogenated alkanes) is 7. The van der Waals surface area contributed by atoms with Crippen LogP contribution in [0.3, 0.4) is 0 Å². The summed E-state index contributed by atoms with van der Waals surface area (Å²) in [6.07, 6.45) is 9.53. The molecule has 120 valence electrons. The Kier molecular flexibility index (Phi) is 13.3. The Morgan fingerprint density at radius 3 is 1.65 bits per heavy atom. The third kappa shape index (κ3) is 11.4. The van der Waals surface area contributed by atoms with Gasteiger partial charge >= 0.3 is 0 Å². The molecule has 0 aromatic heterocycles. The fraction of sp³-hybridized carbons (Fsp3) is 0.875. The standard InChI is InChI=1S/C16H32O4/c1-2-15(19)16(20)12-10-8-6-4-3-5-7-9-11-14(18)13-17/h2,14-20H,1,3-13H2/t14-,15-,16-/m1/s1. The maximum atomic E-state index is 9.52. The lowest BCUT2D eigenvalue weighted by Crippen LogP contribution is -2.23. The van der Waals surface area contributed by atoms with Crippen molar-refractivity contribution in [1.29, 1.82) is 0 Å². The summed E-state index contributed by atoms with van der Waals surface area (Å²) in [5, 5.41) is 36.7. The van der Waals surface area contributed by atoms with Gasteiger partial charge in [-0.1, -0.05) is 57.4 Å². The molecule has 0 aliphatic heterocycles. The highest BCUT2D eigenvalue weighted by atomic mass is 16.3. The number of aliphatic hydroxyl groups excluding tert-OH is 4. The summed E-state index contributed by atoms with van der Waals surface area (Å²) in [4.78, 5) is 0. The van der Waals surface area contributed by atoms with Gasteiger partial charge in [0.15, 0.2) is 0 Å². The zero-order valence-corrected chi connectivity index (χ0v) is 12.6. The van der Waals surface area contributed by atoms with Gasteiger partial charge in [0.05, 0.1) is 24.9 Å². The molecule has 0 fully saturated rings. The third-order valence-electron chi connectivity index (χ3n) is 3.63. The van der Waals surface area contributed by atoms with Crippen LogP contribution in [0.1, 0.15) is 64.2 Å². The van der Waals surface area contributed by atoms with Gasteiger partial charge in [-0.15, -0.1) is 6.58 Å². The highest BCUT2D eigenvalue weighted by Gasteiger charge is 2.11. The Morgan fingerprint density at radius 1 is 0.750 bits per heavy atom. The molecule has 3 atom stereocenters. The maximum Gasteiger partial charge on any atom is 0.0977 e. The molecular weight excluding hydrogens is 256 g/mol. The van der Waals surface area contributed by atoms with Crippen molar-refractivity contribution in [2.75, 3.05) is 6.61 Å². The molecule has 0 bridgehead atoms. The lowest BCUT2D eigenvalue weighted by atomic mass is 10.0. The summed E-state index contributed by atoms with van der Waals surface area (Å²) in [5.41, 5.74) is 0. The first-order valence-electron chi connectivity index (χ1n) is 7.89. The van der Waals surface area contributed by atoms with Crippen molar-refractivity contribution in [3.05, 3.63) is 12.7 Å². The van der Waals surface area contributed by atoms with Gasteiger partial charge in [0.1, 0.15) is 0 Å². The number of hydrogen-bond acceptors (Lipinski definition) is 4. The first kappa shape index (κ1) is 19.6. The summed E-state index contributed by atoms with van der Waals surface area (Å²) < 4.78 is 0. The number of aliphatic hydroxyl groups is 4. The van der Waals surface area contributed by atoms with E-state index in [1.807, 2.05) is 0 Å². The Morgan fingerprint density at radius 2 is 1.20 bits per heavy atom. The molecule has 0 aromatic carbocycles. The van der Waals surface area contributed by atoms with E-state index in [1.165, 1.54) is 25.3 Å². The number of rotatable bonds is 14. The van der Waals surface area contributed by atoms with Crippen molar-refractivity contribution < 1.29 is 20.4 Å². The average Bonchev–Trinajstić information content (AvgIpc) is 2.47. The molecule has 0 unspecified atom stereocenters. The highest BCUT2D eigenvalue weighted by Crippen LogP contribution is 2.13. The molecule has 4 nitrogen and oxygen atoms in total. The van der Waals surface area contributed by atoms with Crippen LogP contribution in [-0.4, -0.2) is 45.3 Å². The fourth-order valence-electron chi connectivity index (χ4n) is 2.21.